The number of anilines is 1. The molecule has 1 aromatic heterocycles. The molecule has 0 unspecified atom stereocenters. The van der Waals surface area contributed by atoms with Gasteiger partial charge in [0.05, 0.1) is 19.2 Å². The molecule has 0 saturated heterocycles. The van der Waals surface area contributed by atoms with Crippen LogP contribution in [0.2, 0.25) is 0 Å². The minimum Gasteiger partial charge on any atom is -0.465 e. The highest BCUT2D eigenvalue weighted by Crippen LogP contribution is 2.50. The first-order valence-electron chi connectivity index (χ1n) is 10.6. The van der Waals surface area contributed by atoms with E-state index in [9.17, 15) is 36.2 Å². The Balaban J connectivity index is 1.85. The van der Waals surface area contributed by atoms with E-state index < -0.39 is 29.5 Å². The average Bonchev–Trinajstić information content (AvgIpc) is 3.20. The fourth-order valence-corrected chi connectivity index (χ4v) is 3.53. The number of hydrogen-bond donors (Lipinski definition) is 1. The van der Waals surface area contributed by atoms with Crippen molar-refractivity contribution in [1.29, 1.82) is 0 Å². The quantitative estimate of drug-likeness (QED) is 0.317. The largest absolute Gasteiger partial charge is 0.465 e. The number of aliphatic hydroxyl groups is 1. The highest BCUT2D eigenvalue weighted by Gasteiger charge is 2.71. The van der Waals surface area contributed by atoms with Crippen molar-refractivity contribution in [3.8, 4) is 11.5 Å². The second-order valence-electron chi connectivity index (χ2n) is 7.86. The summed E-state index contributed by atoms with van der Waals surface area (Å²) in [5.41, 5.74) is -4.58. The lowest BCUT2D eigenvalue weighted by molar-refractivity contribution is -0.376. The van der Waals surface area contributed by atoms with Gasteiger partial charge in [-0.25, -0.2) is 9.78 Å². The molecule has 12 heteroatoms. The maximum absolute atomic E-state index is 13.1. The number of methoxy groups -OCH3 is 1. The average molecular weight is 516 g/mol. The van der Waals surface area contributed by atoms with Crippen LogP contribution < -0.4 is 4.90 Å². The smallest absolute Gasteiger partial charge is 0.430 e. The number of aryl methyl sites for hydroxylation is 1. The predicted octanol–water partition coefficient (Wildman–Crippen LogP) is 5.78. The zero-order valence-corrected chi connectivity index (χ0v) is 19.4. The van der Waals surface area contributed by atoms with Crippen LogP contribution >= 0.6 is 0 Å². The third-order valence-corrected chi connectivity index (χ3v) is 5.64. The molecule has 6 nitrogen and oxygen atoms in total. The Morgan fingerprint density at radius 1 is 1.00 bits per heavy atom. The maximum Gasteiger partial charge on any atom is 0.430 e. The second kappa shape index (κ2) is 9.84. The van der Waals surface area contributed by atoms with E-state index in [-0.39, 0.29) is 12.4 Å². The minimum absolute atomic E-state index is 0.147. The van der Waals surface area contributed by atoms with Crippen molar-refractivity contribution in [3.05, 3.63) is 71.1 Å². The Kier molecular flexibility index (Phi) is 7.40. The molecular formula is C24H22F6N2O4. The highest BCUT2D eigenvalue weighted by atomic mass is 19.4. The number of alkyl halides is 6. The third kappa shape index (κ3) is 5.03. The number of oxazole rings is 1. The topological polar surface area (TPSA) is 75.8 Å². The van der Waals surface area contributed by atoms with E-state index >= 15 is 0 Å². The lowest BCUT2D eigenvalue weighted by Crippen LogP contribution is -2.53. The second-order valence-corrected chi connectivity index (χ2v) is 7.86. The number of esters is 1. The first-order chi connectivity index (χ1) is 16.7. The Labute approximate surface area is 202 Å². The van der Waals surface area contributed by atoms with Crippen molar-refractivity contribution in [2.75, 3.05) is 18.6 Å². The number of aromatic nitrogens is 1. The summed E-state index contributed by atoms with van der Waals surface area (Å²) in [6.07, 6.45) is -11.9. The lowest BCUT2D eigenvalue weighted by atomic mass is 9.92. The van der Waals surface area contributed by atoms with Crippen molar-refractivity contribution in [2.45, 2.75) is 38.3 Å². The van der Waals surface area contributed by atoms with E-state index in [2.05, 4.69) is 9.72 Å². The Morgan fingerprint density at radius 2 is 1.56 bits per heavy atom. The third-order valence-electron chi connectivity index (χ3n) is 5.64. The van der Waals surface area contributed by atoms with E-state index in [4.69, 9.17) is 4.42 Å². The van der Waals surface area contributed by atoms with Crippen LogP contribution in [0.15, 0.2) is 52.9 Å². The van der Waals surface area contributed by atoms with Crippen LogP contribution in [0.4, 0.5) is 32.0 Å². The Morgan fingerprint density at radius 3 is 2.03 bits per heavy atom. The molecule has 0 amide bonds. The molecule has 0 spiro atoms. The van der Waals surface area contributed by atoms with Crippen molar-refractivity contribution in [2.24, 2.45) is 0 Å². The SMILES string of the molecule is CCN(Cc1nc(-c2ccc(C(=O)OC)cc2)oc1C)c1ccc(C(O)(C(F)(F)F)C(F)(F)F)cc1. The number of nitrogens with zero attached hydrogens (tertiary/aromatic N) is 2. The number of hydrogen-bond acceptors (Lipinski definition) is 6. The molecule has 194 valence electrons. The molecule has 0 atom stereocenters. The van der Waals surface area contributed by atoms with Crippen molar-refractivity contribution in [1.82, 2.24) is 4.98 Å². The van der Waals surface area contributed by atoms with Crippen LogP contribution in [-0.2, 0) is 16.9 Å². The number of ether oxygens (including phenoxy) is 1. The summed E-state index contributed by atoms with van der Waals surface area (Å²) < 4.78 is 89.2. The van der Waals surface area contributed by atoms with Gasteiger partial charge in [0.15, 0.2) is 0 Å². The standard InChI is InChI=1S/C24H22F6N2O4/c1-4-32(18-11-9-17(10-12-18)22(34,23(25,26)27)24(28,29)30)13-19-14(2)36-20(31-19)15-5-7-16(8-6-15)21(33)35-3/h5-12,34H,4,13H2,1-3H3. The van der Waals surface area contributed by atoms with Crippen LogP contribution in [0, 0.1) is 6.92 Å². The minimum atomic E-state index is -5.96. The summed E-state index contributed by atoms with van der Waals surface area (Å²) in [6.45, 7) is 3.90. The first kappa shape index (κ1) is 27.1. The molecule has 0 aliphatic carbocycles. The van der Waals surface area contributed by atoms with E-state index in [1.165, 1.54) is 7.11 Å². The number of rotatable bonds is 7. The van der Waals surface area contributed by atoms with Crippen LogP contribution in [0.1, 0.15) is 34.3 Å². The fraction of sp³-hybridized carbons (Fsp3) is 0.333. The van der Waals surface area contributed by atoms with Crippen LogP contribution in [0.3, 0.4) is 0 Å². The molecule has 1 N–H and O–H groups in total. The molecule has 0 saturated carbocycles. The van der Waals surface area contributed by atoms with E-state index in [0.717, 1.165) is 12.1 Å². The van der Waals surface area contributed by atoms with Gasteiger partial charge in [-0.2, -0.15) is 26.3 Å². The van der Waals surface area contributed by atoms with Crippen molar-refractivity contribution >= 4 is 11.7 Å². The first-order valence-corrected chi connectivity index (χ1v) is 10.6. The normalized spacial score (nSPS) is 12.5. The molecule has 3 rings (SSSR count). The van der Waals surface area contributed by atoms with Gasteiger partial charge in [0.2, 0.25) is 5.89 Å². The van der Waals surface area contributed by atoms with Crippen LogP contribution in [0.5, 0.6) is 0 Å². The van der Waals surface area contributed by atoms with Gasteiger partial charge >= 0.3 is 18.3 Å². The highest BCUT2D eigenvalue weighted by molar-refractivity contribution is 5.89. The number of benzene rings is 2. The number of carbonyl (C=O) groups excluding carboxylic acids is 1. The summed E-state index contributed by atoms with van der Waals surface area (Å²) in [5, 5.41) is 9.57. The molecule has 3 aromatic rings. The molecule has 2 aromatic carbocycles. The van der Waals surface area contributed by atoms with Gasteiger partial charge in [0, 0.05) is 23.4 Å². The molecular weight excluding hydrogens is 494 g/mol. The number of halogens is 6. The Bertz CT molecular complexity index is 1190. The van der Waals surface area contributed by atoms with Gasteiger partial charge in [-0.05, 0) is 50.2 Å². The molecule has 0 aliphatic rings. The molecule has 1 heterocycles. The molecule has 36 heavy (non-hydrogen) atoms. The van der Waals surface area contributed by atoms with Crippen LogP contribution in [0.25, 0.3) is 11.5 Å². The zero-order chi connectivity index (χ0) is 26.9. The molecule has 0 fully saturated rings. The summed E-state index contributed by atoms with van der Waals surface area (Å²) in [5.74, 6) is 0.228. The zero-order valence-electron chi connectivity index (χ0n) is 19.4. The monoisotopic (exact) mass is 516 g/mol. The van der Waals surface area contributed by atoms with Gasteiger partial charge in [0.25, 0.3) is 5.60 Å². The van der Waals surface area contributed by atoms with E-state index in [1.54, 1.807) is 43.0 Å². The Hall–Kier alpha value is -3.54. The van der Waals surface area contributed by atoms with Gasteiger partial charge in [-0.1, -0.05) is 12.1 Å². The molecule has 0 aliphatic heterocycles. The van der Waals surface area contributed by atoms with Gasteiger partial charge in [-0.3, -0.25) is 0 Å². The van der Waals surface area contributed by atoms with Crippen molar-refractivity contribution in [3.63, 3.8) is 0 Å². The maximum atomic E-state index is 13.1. The van der Waals surface area contributed by atoms with Crippen molar-refractivity contribution < 1.29 is 45.4 Å². The molecule has 0 bridgehead atoms. The van der Waals surface area contributed by atoms with Gasteiger partial charge in [-0.15, -0.1) is 0 Å². The van der Waals surface area contributed by atoms with E-state index in [0.29, 0.717) is 46.9 Å². The van der Waals surface area contributed by atoms with Gasteiger partial charge < -0.3 is 19.2 Å². The van der Waals surface area contributed by atoms with E-state index in [1.807, 2.05) is 0 Å². The number of carbonyl (C=O) groups is 1. The summed E-state index contributed by atoms with van der Waals surface area (Å²) in [4.78, 5) is 17.7. The fourth-order valence-electron chi connectivity index (χ4n) is 3.53. The van der Waals surface area contributed by atoms with Gasteiger partial charge in [0.1, 0.15) is 11.5 Å². The molecule has 0 radical (unpaired) electrons. The van der Waals surface area contributed by atoms with Crippen LogP contribution in [-0.4, -0.2) is 42.1 Å². The summed E-state index contributed by atoms with van der Waals surface area (Å²) >= 11 is 0. The predicted molar refractivity (Wildman–Crippen MR) is 117 cm³/mol. The summed E-state index contributed by atoms with van der Waals surface area (Å²) in [7, 11) is 1.26. The lowest BCUT2D eigenvalue weighted by Gasteiger charge is -2.33. The summed E-state index contributed by atoms with van der Waals surface area (Å²) in [6, 6.07) is 9.69.